The van der Waals surface area contributed by atoms with Crippen LogP contribution in [0.1, 0.15) is 23.8 Å². The van der Waals surface area contributed by atoms with Crippen molar-refractivity contribution in [2.24, 2.45) is 0 Å². The van der Waals surface area contributed by atoms with E-state index >= 15 is 0 Å². The Kier molecular flexibility index (Phi) is 6.33. The number of aryl methyl sites for hydroxylation is 1. The molecule has 148 valence electrons. The lowest BCUT2D eigenvalue weighted by Crippen LogP contribution is -2.28. The molecule has 6 nitrogen and oxygen atoms in total. The molecular formula is C20H21NO5S2. The minimum Gasteiger partial charge on any atom is -0.457 e. The van der Waals surface area contributed by atoms with Crippen molar-refractivity contribution >= 4 is 27.1 Å². The van der Waals surface area contributed by atoms with Gasteiger partial charge in [-0.2, -0.15) is 0 Å². The molecule has 3 aromatic rings. The van der Waals surface area contributed by atoms with E-state index in [4.69, 9.17) is 4.42 Å². The van der Waals surface area contributed by atoms with Crippen LogP contribution in [0.5, 0.6) is 0 Å². The highest BCUT2D eigenvalue weighted by Gasteiger charge is 2.15. The van der Waals surface area contributed by atoms with Gasteiger partial charge in [-0.1, -0.05) is 18.2 Å². The van der Waals surface area contributed by atoms with Crippen molar-refractivity contribution in [3.05, 3.63) is 65.2 Å². The minimum atomic E-state index is -3.22. The van der Waals surface area contributed by atoms with Crippen molar-refractivity contribution < 1.29 is 22.7 Å². The van der Waals surface area contributed by atoms with Crippen LogP contribution in [0.2, 0.25) is 0 Å². The van der Waals surface area contributed by atoms with Gasteiger partial charge in [-0.15, -0.1) is 11.3 Å². The summed E-state index contributed by atoms with van der Waals surface area (Å²) in [7, 11) is -3.22. The van der Waals surface area contributed by atoms with Crippen LogP contribution in [0.3, 0.4) is 0 Å². The zero-order valence-corrected chi connectivity index (χ0v) is 16.9. The zero-order valence-electron chi connectivity index (χ0n) is 15.3. The molecule has 2 aromatic heterocycles. The molecule has 8 heteroatoms. The van der Waals surface area contributed by atoms with Gasteiger partial charge in [-0.25, -0.2) is 8.42 Å². The lowest BCUT2D eigenvalue weighted by molar-refractivity contribution is -0.121. The van der Waals surface area contributed by atoms with Gasteiger partial charge in [0.05, 0.1) is 16.3 Å². The Labute approximate surface area is 167 Å². The molecule has 0 saturated heterocycles. The van der Waals surface area contributed by atoms with Crippen LogP contribution in [0.4, 0.5) is 0 Å². The molecule has 0 spiro atoms. The first-order valence-electron chi connectivity index (χ1n) is 8.70. The predicted octanol–water partition coefficient (Wildman–Crippen LogP) is 3.19. The summed E-state index contributed by atoms with van der Waals surface area (Å²) in [5, 5.41) is 14.8. The van der Waals surface area contributed by atoms with E-state index < -0.39 is 15.9 Å². The maximum absolute atomic E-state index is 12.0. The Morgan fingerprint density at radius 2 is 1.93 bits per heavy atom. The van der Waals surface area contributed by atoms with Crippen LogP contribution in [0.15, 0.2) is 63.2 Å². The quantitative estimate of drug-likeness (QED) is 0.584. The second-order valence-electron chi connectivity index (χ2n) is 6.42. The average molecular weight is 420 g/mol. The van der Waals surface area contributed by atoms with Crippen molar-refractivity contribution in [2.45, 2.75) is 23.8 Å². The highest BCUT2D eigenvalue weighted by molar-refractivity contribution is 7.90. The SMILES string of the molecule is CS(=O)(=O)c1ccc(CCC(=O)NCC(O)c2ccc(-c3cccs3)o2)cc1. The standard InChI is InChI=1S/C20H21NO5S2/c1-28(24,25)15-7-4-14(5-8-15)6-11-20(23)21-13-16(22)17-9-10-18(26-17)19-3-2-12-27-19/h2-5,7-10,12,16,22H,6,11,13H2,1H3,(H,21,23). The van der Waals surface area contributed by atoms with E-state index in [1.165, 1.54) is 12.1 Å². The predicted molar refractivity (Wildman–Crippen MR) is 108 cm³/mol. The topological polar surface area (TPSA) is 96.6 Å². The summed E-state index contributed by atoms with van der Waals surface area (Å²) in [4.78, 5) is 13.3. The highest BCUT2D eigenvalue weighted by atomic mass is 32.2. The van der Waals surface area contributed by atoms with E-state index in [-0.39, 0.29) is 23.8 Å². The van der Waals surface area contributed by atoms with Gasteiger partial charge in [0.25, 0.3) is 0 Å². The highest BCUT2D eigenvalue weighted by Crippen LogP contribution is 2.28. The maximum Gasteiger partial charge on any atom is 0.220 e. The van der Waals surface area contributed by atoms with Crippen LogP contribution < -0.4 is 5.32 Å². The number of amides is 1. The van der Waals surface area contributed by atoms with Crippen LogP contribution in [0, 0.1) is 0 Å². The zero-order chi connectivity index (χ0) is 20.1. The first-order chi connectivity index (χ1) is 13.3. The maximum atomic E-state index is 12.0. The number of thiophene rings is 1. The number of carbonyl (C=O) groups excluding carboxylic acids is 1. The van der Waals surface area contributed by atoms with E-state index in [1.807, 2.05) is 17.5 Å². The third-order valence-corrected chi connectivity index (χ3v) is 6.22. The molecule has 2 heterocycles. The Morgan fingerprint density at radius 1 is 1.18 bits per heavy atom. The molecule has 0 radical (unpaired) electrons. The van der Waals surface area contributed by atoms with Crippen molar-refractivity contribution in [3.8, 4) is 10.6 Å². The first kappa shape index (κ1) is 20.3. The summed E-state index contributed by atoms with van der Waals surface area (Å²) in [5.41, 5.74) is 0.870. The normalized spacial score (nSPS) is 12.6. The van der Waals surface area contributed by atoms with E-state index in [9.17, 15) is 18.3 Å². The molecule has 0 aliphatic rings. The van der Waals surface area contributed by atoms with Gasteiger partial charge in [0.1, 0.15) is 17.6 Å². The van der Waals surface area contributed by atoms with Crippen molar-refractivity contribution in [1.82, 2.24) is 5.32 Å². The fourth-order valence-corrected chi connectivity index (χ4v) is 3.96. The number of furan rings is 1. The second-order valence-corrected chi connectivity index (χ2v) is 9.38. The molecule has 0 fully saturated rings. The van der Waals surface area contributed by atoms with Crippen molar-refractivity contribution in [2.75, 3.05) is 12.8 Å². The Morgan fingerprint density at radius 3 is 2.57 bits per heavy atom. The number of hydrogen-bond donors (Lipinski definition) is 2. The summed E-state index contributed by atoms with van der Waals surface area (Å²) >= 11 is 1.55. The van der Waals surface area contributed by atoms with Crippen LogP contribution >= 0.6 is 11.3 Å². The van der Waals surface area contributed by atoms with Crippen molar-refractivity contribution in [3.63, 3.8) is 0 Å². The summed E-state index contributed by atoms with van der Waals surface area (Å²) < 4.78 is 28.5. The van der Waals surface area contributed by atoms with Crippen LogP contribution in [-0.2, 0) is 21.1 Å². The van der Waals surface area contributed by atoms with E-state index in [1.54, 1.807) is 35.6 Å². The van der Waals surface area contributed by atoms with Crippen molar-refractivity contribution in [1.29, 1.82) is 0 Å². The van der Waals surface area contributed by atoms with Gasteiger partial charge in [0.2, 0.25) is 5.91 Å². The first-order valence-corrected chi connectivity index (χ1v) is 11.5. The van der Waals surface area contributed by atoms with Gasteiger partial charge >= 0.3 is 0 Å². The van der Waals surface area contributed by atoms with Gasteiger partial charge in [-0.3, -0.25) is 4.79 Å². The molecule has 1 atom stereocenters. The fraction of sp³-hybridized carbons (Fsp3) is 0.250. The summed E-state index contributed by atoms with van der Waals surface area (Å²) in [6.07, 6.45) is 0.953. The van der Waals surface area contributed by atoms with Gasteiger partial charge < -0.3 is 14.8 Å². The number of aliphatic hydroxyl groups is 1. The Hall–Kier alpha value is -2.42. The van der Waals surface area contributed by atoms with Gasteiger partial charge in [-0.05, 0) is 47.7 Å². The molecule has 3 rings (SSSR count). The second kappa shape index (κ2) is 8.72. The third-order valence-electron chi connectivity index (χ3n) is 4.20. The lowest BCUT2D eigenvalue weighted by Gasteiger charge is -2.10. The summed E-state index contributed by atoms with van der Waals surface area (Å²) in [5.74, 6) is 0.893. The number of aliphatic hydroxyl groups excluding tert-OH is 1. The summed E-state index contributed by atoms with van der Waals surface area (Å²) in [6.45, 7) is 0.0588. The molecule has 1 amide bonds. The number of rotatable bonds is 8. The molecule has 0 aliphatic carbocycles. The summed E-state index contributed by atoms with van der Waals surface area (Å²) in [6, 6.07) is 13.8. The molecule has 0 saturated carbocycles. The molecule has 28 heavy (non-hydrogen) atoms. The molecular weight excluding hydrogens is 398 g/mol. The van der Waals surface area contributed by atoms with Crippen LogP contribution in [-0.4, -0.2) is 32.2 Å². The molecule has 2 N–H and O–H groups in total. The van der Waals surface area contributed by atoms with Crippen LogP contribution in [0.25, 0.3) is 10.6 Å². The Bertz CT molecular complexity index is 1020. The van der Waals surface area contributed by atoms with Gasteiger partial charge in [0.15, 0.2) is 9.84 Å². The largest absolute Gasteiger partial charge is 0.457 e. The molecule has 0 bridgehead atoms. The smallest absolute Gasteiger partial charge is 0.220 e. The minimum absolute atomic E-state index is 0.0588. The molecule has 1 aromatic carbocycles. The Balaban J connectivity index is 1.46. The number of nitrogens with one attached hydrogen (secondary N) is 1. The van der Waals surface area contributed by atoms with E-state index in [0.717, 1.165) is 16.7 Å². The lowest BCUT2D eigenvalue weighted by atomic mass is 10.1. The number of sulfone groups is 1. The van der Waals surface area contributed by atoms with E-state index in [0.29, 0.717) is 17.9 Å². The average Bonchev–Trinajstić information content (AvgIpc) is 3.35. The van der Waals surface area contributed by atoms with E-state index in [2.05, 4.69) is 5.32 Å². The fourth-order valence-electron chi connectivity index (χ4n) is 2.64. The number of hydrogen-bond acceptors (Lipinski definition) is 6. The molecule has 1 unspecified atom stereocenters. The van der Waals surface area contributed by atoms with Gasteiger partial charge in [0, 0.05) is 12.7 Å². The molecule has 0 aliphatic heterocycles. The number of carbonyl (C=O) groups is 1. The monoisotopic (exact) mass is 419 g/mol. The third kappa shape index (κ3) is 5.31. The number of benzene rings is 1.